The predicted molar refractivity (Wildman–Crippen MR) is 173 cm³/mol. The first-order valence-corrected chi connectivity index (χ1v) is 17.9. The zero-order valence-electron chi connectivity index (χ0n) is 29.6. The van der Waals surface area contributed by atoms with Crippen LogP contribution in [0.4, 0.5) is 0 Å². The topological polar surface area (TPSA) is 183 Å². The van der Waals surface area contributed by atoms with Crippen LogP contribution in [0, 0.1) is 50.2 Å². The van der Waals surface area contributed by atoms with Crippen molar-refractivity contribution in [3.05, 3.63) is 11.6 Å². The highest BCUT2D eigenvalue weighted by molar-refractivity contribution is 5.78. The highest BCUT2D eigenvalue weighted by atomic mass is 16.7. The summed E-state index contributed by atoms with van der Waals surface area (Å²) in [4.78, 5) is 26.9. The van der Waals surface area contributed by atoms with E-state index in [-0.39, 0.29) is 34.0 Å². The van der Waals surface area contributed by atoms with Crippen molar-refractivity contribution in [3.63, 3.8) is 0 Å². The van der Waals surface area contributed by atoms with Crippen molar-refractivity contribution in [2.45, 2.75) is 142 Å². The van der Waals surface area contributed by atoms with E-state index in [0.29, 0.717) is 32.1 Å². The van der Waals surface area contributed by atoms with Crippen LogP contribution in [0.1, 0.15) is 99.3 Å². The van der Waals surface area contributed by atoms with Crippen molar-refractivity contribution >= 4 is 11.9 Å². The number of carbonyl (C=O) groups excluding carboxylic acids is 1. The fourth-order valence-corrected chi connectivity index (χ4v) is 12.5. The highest BCUT2D eigenvalue weighted by Crippen LogP contribution is 2.76. The van der Waals surface area contributed by atoms with Crippen LogP contribution >= 0.6 is 0 Å². The van der Waals surface area contributed by atoms with Gasteiger partial charge in [0.15, 0.2) is 6.29 Å². The lowest BCUT2D eigenvalue weighted by molar-refractivity contribution is -0.340. The van der Waals surface area contributed by atoms with E-state index >= 15 is 0 Å². The van der Waals surface area contributed by atoms with E-state index in [9.17, 15) is 40.2 Å². The summed E-state index contributed by atoms with van der Waals surface area (Å²) in [5.74, 6) is -1.48. The van der Waals surface area contributed by atoms with E-state index in [2.05, 4.69) is 40.7 Å². The molecule has 5 aliphatic carbocycles. The number of hydrogen-bond donors (Lipinski definition) is 6. The molecule has 11 heteroatoms. The van der Waals surface area contributed by atoms with Gasteiger partial charge in [0.25, 0.3) is 0 Å². The normalized spacial score (nSPS) is 52.9. The second kappa shape index (κ2) is 11.7. The van der Waals surface area contributed by atoms with Crippen LogP contribution in [-0.2, 0) is 23.8 Å². The Balaban J connectivity index is 1.38. The van der Waals surface area contributed by atoms with Gasteiger partial charge >= 0.3 is 11.9 Å². The molecule has 1 aliphatic heterocycles. The average molecular weight is 679 g/mol. The molecule has 5 fully saturated rings. The standard InChI is InChI=1S/C37H58O11/c1-32(2)12-14-37(30(43)44)15-13-34(4)19(20(37)16-32)8-9-23-33(3)17-21(39)28(48-29-27(42)26(41)25(40)22(18-38)47-29)36(6,31(45)46-7)24(33)10-11-35(23,34)5/h8,20-29,38-42H,9-18H2,1-7H3,(H,43,44). The lowest BCUT2D eigenvalue weighted by Crippen LogP contribution is -2.70. The van der Waals surface area contributed by atoms with Gasteiger partial charge < -0.3 is 44.8 Å². The number of esters is 1. The minimum Gasteiger partial charge on any atom is -0.481 e. The summed E-state index contributed by atoms with van der Waals surface area (Å²) < 4.78 is 17.3. The number of rotatable bonds is 5. The summed E-state index contributed by atoms with van der Waals surface area (Å²) in [5.41, 5.74) is -1.79. The molecule has 0 spiro atoms. The van der Waals surface area contributed by atoms with Crippen molar-refractivity contribution in [2.24, 2.45) is 50.2 Å². The maximum absolute atomic E-state index is 13.9. The number of carboxylic acids is 1. The van der Waals surface area contributed by atoms with Crippen molar-refractivity contribution in [1.82, 2.24) is 0 Å². The Morgan fingerprint density at radius 1 is 0.896 bits per heavy atom. The first-order valence-electron chi connectivity index (χ1n) is 17.9. The Bertz CT molecular complexity index is 1330. The molecular weight excluding hydrogens is 620 g/mol. The molecule has 4 saturated carbocycles. The quantitative estimate of drug-likeness (QED) is 0.143. The summed E-state index contributed by atoms with van der Waals surface area (Å²) in [6.45, 7) is 12.5. The molecule has 6 rings (SSSR count). The molecule has 11 nitrogen and oxygen atoms in total. The zero-order valence-corrected chi connectivity index (χ0v) is 29.6. The second-order valence-corrected chi connectivity index (χ2v) is 18.0. The summed E-state index contributed by atoms with van der Waals surface area (Å²) in [5, 5.41) is 63.9. The van der Waals surface area contributed by atoms with Crippen LogP contribution in [0.2, 0.25) is 0 Å². The van der Waals surface area contributed by atoms with Crippen molar-refractivity contribution in [3.8, 4) is 0 Å². The van der Waals surface area contributed by atoms with Crippen LogP contribution in [0.25, 0.3) is 0 Å². The van der Waals surface area contributed by atoms with E-state index in [1.807, 2.05) is 0 Å². The van der Waals surface area contributed by atoms with Crippen LogP contribution in [0.5, 0.6) is 0 Å². The molecule has 1 heterocycles. The molecule has 0 aromatic heterocycles. The fourth-order valence-electron chi connectivity index (χ4n) is 12.5. The van der Waals surface area contributed by atoms with E-state index in [1.54, 1.807) is 6.92 Å². The lowest BCUT2D eigenvalue weighted by atomic mass is 9.33. The lowest BCUT2D eigenvalue weighted by Gasteiger charge is -2.71. The summed E-state index contributed by atoms with van der Waals surface area (Å²) in [6, 6.07) is 0. The van der Waals surface area contributed by atoms with Gasteiger partial charge in [-0.05, 0) is 104 Å². The van der Waals surface area contributed by atoms with Crippen molar-refractivity contribution in [1.29, 1.82) is 0 Å². The van der Waals surface area contributed by atoms with Gasteiger partial charge in [-0.2, -0.15) is 0 Å². The molecule has 272 valence electrons. The average Bonchev–Trinajstić information content (AvgIpc) is 3.02. The number of fused-ring (bicyclic) bond motifs is 7. The molecule has 0 aromatic rings. The first kappa shape index (κ1) is 36.2. The van der Waals surface area contributed by atoms with Gasteiger partial charge in [-0.3, -0.25) is 9.59 Å². The summed E-state index contributed by atoms with van der Waals surface area (Å²) in [6.07, 6.45) is -1.36. The Kier molecular flexibility index (Phi) is 8.84. The predicted octanol–water partition coefficient (Wildman–Crippen LogP) is 3.18. The molecule has 1 saturated heterocycles. The molecular formula is C37H58O11. The van der Waals surface area contributed by atoms with Crippen molar-refractivity contribution in [2.75, 3.05) is 13.7 Å². The number of carboxylic acid groups (broad SMARTS) is 1. The molecule has 48 heavy (non-hydrogen) atoms. The second-order valence-electron chi connectivity index (χ2n) is 18.0. The Morgan fingerprint density at radius 3 is 2.19 bits per heavy atom. The number of carbonyl (C=O) groups is 2. The molecule has 15 unspecified atom stereocenters. The number of ether oxygens (including phenoxy) is 3. The summed E-state index contributed by atoms with van der Waals surface area (Å²) in [7, 11) is 1.31. The minimum atomic E-state index is -1.68. The third kappa shape index (κ3) is 4.77. The number of aliphatic carboxylic acids is 1. The fraction of sp³-hybridized carbons (Fsp3) is 0.892. The molecule has 6 aliphatic rings. The van der Waals surface area contributed by atoms with Gasteiger partial charge in [-0.25, -0.2) is 0 Å². The van der Waals surface area contributed by atoms with Crippen LogP contribution < -0.4 is 0 Å². The van der Waals surface area contributed by atoms with Gasteiger partial charge in [0.1, 0.15) is 30.5 Å². The zero-order chi connectivity index (χ0) is 35.4. The van der Waals surface area contributed by atoms with Gasteiger partial charge in [-0.15, -0.1) is 0 Å². The number of hydrogen-bond acceptors (Lipinski definition) is 10. The SMILES string of the molecule is COC(=O)C1(C)C(OC2OC(CO)C(O)C(O)C2O)C(O)CC2(C)C1CCC1(C)C2CC=C2C3CC(C)(C)CCC3(C(=O)O)CCC21C. The van der Waals surface area contributed by atoms with Gasteiger partial charge in [0.05, 0.1) is 30.7 Å². The molecule has 0 radical (unpaired) electrons. The summed E-state index contributed by atoms with van der Waals surface area (Å²) >= 11 is 0. The Hall–Kier alpha value is -1.60. The van der Waals surface area contributed by atoms with Gasteiger partial charge in [-0.1, -0.05) is 46.3 Å². The molecule has 0 amide bonds. The smallest absolute Gasteiger partial charge is 0.314 e. The van der Waals surface area contributed by atoms with Crippen LogP contribution in [-0.4, -0.2) is 99.2 Å². The number of aliphatic hydroxyl groups excluding tert-OH is 5. The molecule has 6 N–H and O–H groups in total. The van der Waals surface area contributed by atoms with E-state index < -0.39 is 77.7 Å². The van der Waals surface area contributed by atoms with E-state index in [0.717, 1.165) is 25.7 Å². The largest absolute Gasteiger partial charge is 0.481 e. The molecule has 0 bridgehead atoms. The first-order chi connectivity index (χ1) is 22.3. The Labute approximate surface area is 284 Å². The highest BCUT2D eigenvalue weighted by Gasteiger charge is 2.72. The van der Waals surface area contributed by atoms with Gasteiger partial charge in [0.2, 0.25) is 0 Å². The van der Waals surface area contributed by atoms with Gasteiger partial charge in [0, 0.05) is 0 Å². The number of methoxy groups -OCH3 is 1. The Morgan fingerprint density at radius 2 is 1.56 bits per heavy atom. The number of allylic oxidation sites excluding steroid dienone is 2. The maximum Gasteiger partial charge on any atom is 0.314 e. The third-order valence-electron chi connectivity index (χ3n) is 15.4. The van der Waals surface area contributed by atoms with Crippen LogP contribution in [0.15, 0.2) is 11.6 Å². The van der Waals surface area contributed by atoms with Crippen LogP contribution in [0.3, 0.4) is 0 Å². The van der Waals surface area contributed by atoms with Crippen molar-refractivity contribution < 1.29 is 54.4 Å². The van der Waals surface area contributed by atoms with E-state index in [1.165, 1.54) is 12.7 Å². The number of aliphatic hydroxyl groups is 5. The monoisotopic (exact) mass is 678 g/mol. The van der Waals surface area contributed by atoms with E-state index in [4.69, 9.17) is 14.2 Å². The maximum atomic E-state index is 13.9. The molecule has 15 atom stereocenters. The molecule has 0 aromatic carbocycles. The third-order valence-corrected chi connectivity index (χ3v) is 15.4. The minimum absolute atomic E-state index is 0.0330.